The van der Waals surface area contributed by atoms with Crippen molar-refractivity contribution in [2.24, 2.45) is 10.9 Å². The molecule has 0 amide bonds. The second-order valence-electron chi connectivity index (χ2n) is 5.55. The molecule has 0 saturated heterocycles. The first-order valence-corrected chi connectivity index (χ1v) is 7.59. The van der Waals surface area contributed by atoms with Crippen LogP contribution in [0.3, 0.4) is 0 Å². The Morgan fingerprint density at radius 1 is 1.19 bits per heavy atom. The zero-order valence-electron chi connectivity index (χ0n) is 13.3. The van der Waals surface area contributed by atoms with Crippen LogP contribution >= 0.6 is 0 Å². The molecule has 0 fully saturated rings. The molecule has 1 aromatic carbocycles. The van der Waals surface area contributed by atoms with Gasteiger partial charge in [0, 0.05) is 20.1 Å². The molecule has 0 unspecified atom stereocenters. The van der Waals surface area contributed by atoms with Gasteiger partial charge in [-0.25, -0.2) is 0 Å². The molecule has 0 atom stereocenters. The number of nitrogens with one attached hydrogen (secondary N) is 2. The van der Waals surface area contributed by atoms with Crippen LogP contribution in [0.1, 0.15) is 44.2 Å². The molecule has 21 heavy (non-hydrogen) atoms. The molecular weight excluding hydrogens is 260 g/mol. The molecule has 0 aliphatic carbocycles. The summed E-state index contributed by atoms with van der Waals surface area (Å²) in [6, 6.07) is 9.71. The fraction of sp³-hybridized carbons (Fsp3) is 0.529. The van der Waals surface area contributed by atoms with Gasteiger partial charge in [0.1, 0.15) is 0 Å². The topological polar surface area (TPSA) is 60.2 Å². The Labute approximate surface area is 128 Å². The lowest BCUT2D eigenvalue weighted by Gasteiger charge is -2.12. The van der Waals surface area contributed by atoms with Crippen molar-refractivity contribution in [3.63, 3.8) is 0 Å². The summed E-state index contributed by atoms with van der Waals surface area (Å²) in [4.78, 5) is 4.21. The predicted octanol–water partition coefficient (Wildman–Crippen LogP) is 3.05. The van der Waals surface area contributed by atoms with Crippen molar-refractivity contribution in [2.45, 2.75) is 39.7 Å². The minimum absolute atomic E-state index is 0.686. The van der Waals surface area contributed by atoms with E-state index in [0.717, 1.165) is 30.4 Å². The van der Waals surface area contributed by atoms with Crippen LogP contribution in [0.2, 0.25) is 0 Å². The molecule has 0 spiro atoms. The van der Waals surface area contributed by atoms with Gasteiger partial charge in [-0.3, -0.25) is 4.99 Å². The summed E-state index contributed by atoms with van der Waals surface area (Å²) >= 11 is 0. The Morgan fingerprint density at radius 2 is 1.90 bits per heavy atom. The van der Waals surface area contributed by atoms with E-state index < -0.39 is 0 Å². The van der Waals surface area contributed by atoms with Crippen molar-refractivity contribution in [3.05, 3.63) is 35.4 Å². The van der Waals surface area contributed by atoms with Gasteiger partial charge in [-0.05, 0) is 30.0 Å². The molecule has 0 heterocycles. The van der Waals surface area contributed by atoms with Gasteiger partial charge in [-0.2, -0.15) is 5.26 Å². The number of hydrogen-bond acceptors (Lipinski definition) is 2. The Hall–Kier alpha value is -2.02. The van der Waals surface area contributed by atoms with Crippen LogP contribution in [0.15, 0.2) is 29.3 Å². The number of hydrogen-bond donors (Lipinski definition) is 2. The first-order chi connectivity index (χ1) is 10.2. The van der Waals surface area contributed by atoms with E-state index >= 15 is 0 Å². The predicted molar refractivity (Wildman–Crippen MR) is 88.0 cm³/mol. The highest BCUT2D eigenvalue weighted by Crippen LogP contribution is 2.05. The van der Waals surface area contributed by atoms with E-state index in [1.54, 1.807) is 7.05 Å². The SMILES string of the molecule is CN=C(NCCCCC(C)C)NCc1ccc(C#N)cc1. The lowest BCUT2D eigenvalue weighted by atomic mass is 10.1. The Balaban J connectivity index is 2.26. The minimum atomic E-state index is 0.686. The standard InChI is InChI=1S/C17H26N4/c1-14(2)6-4-5-11-20-17(19-3)21-13-16-9-7-15(12-18)8-10-16/h7-10,14H,4-6,11,13H2,1-3H3,(H2,19,20,21). The molecule has 0 aromatic heterocycles. The third-order valence-electron chi connectivity index (χ3n) is 3.27. The first kappa shape index (κ1) is 17.0. The highest BCUT2D eigenvalue weighted by Gasteiger charge is 1.99. The first-order valence-electron chi connectivity index (χ1n) is 7.59. The number of benzene rings is 1. The van der Waals surface area contributed by atoms with E-state index in [1.807, 2.05) is 24.3 Å². The summed E-state index contributed by atoms with van der Waals surface area (Å²) in [5.41, 5.74) is 1.82. The maximum absolute atomic E-state index is 8.76. The van der Waals surface area contributed by atoms with Crippen LogP contribution in [-0.4, -0.2) is 19.6 Å². The lowest BCUT2D eigenvalue weighted by Crippen LogP contribution is -2.37. The molecular formula is C17H26N4. The second kappa shape index (κ2) is 9.82. The fourth-order valence-electron chi connectivity index (χ4n) is 1.99. The van der Waals surface area contributed by atoms with Gasteiger partial charge >= 0.3 is 0 Å². The number of nitrogens with zero attached hydrogens (tertiary/aromatic N) is 2. The van der Waals surface area contributed by atoms with Crippen molar-refractivity contribution >= 4 is 5.96 Å². The maximum Gasteiger partial charge on any atom is 0.191 e. The molecule has 0 radical (unpaired) electrons. The summed E-state index contributed by atoms with van der Waals surface area (Å²) in [7, 11) is 1.78. The Bertz CT molecular complexity index is 469. The van der Waals surface area contributed by atoms with Gasteiger partial charge < -0.3 is 10.6 Å². The van der Waals surface area contributed by atoms with Crippen LogP contribution in [-0.2, 0) is 6.54 Å². The van der Waals surface area contributed by atoms with Crippen molar-refractivity contribution in [1.29, 1.82) is 5.26 Å². The lowest BCUT2D eigenvalue weighted by molar-refractivity contribution is 0.534. The molecule has 114 valence electrons. The van der Waals surface area contributed by atoms with Gasteiger partial charge in [0.2, 0.25) is 0 Å². The highest BCUT2D eigenvalue weighted by atomic mass is 15.2. The molecule has 2 N–H and O–H groups in total. The summed E-state index contributed by atoms with van der Waals surface area (Å²) in [5, 5.41) is 15.4. The van der Waals surface area contributed by atoms with Gasteiger partial charge in [0.25, 0.3) is 0 Å². The van der Waals surface area contributed by atoms with E-state index in [4.69, 9.17) is 5.26 Å². The summed E-state index contributed by atoms with van der Waals surface area (Å²) in [6.45, 7) is 6.16. The molecule has 0 bridgehead atoms. The molecule has 4 nitrogen and oxygen atoms in total. The number of aliphatic imine (C=N–C) groups is 1. The maximum atomic E-state index is 8.76. The van der Waals surface area contributed by atoms with Crippen LogP contribution in [0, 0.1) is 17.2 Å². The third kappa shape index (κ3) is 7.36. The molecule has 0 aliphatic heterocycles. The number of guanidine groups is 1. The summed E-state index contributed by atoms with van der Waals surface area (Å²) in [6.07, 6.45) is 3.69. The van der Waals surface area contributed by atoms with E-state index in [1.165, 1.54) is 12.8 Å². The Morgan fingerprint density at radius 3 is 2.48 bits per heavy atom. The zero-order chi connectivity index (χ0) is 15.5. The van der Waals surface area contributed by atoms with E-state index in [-0.39, 0.29) is 0 Å². The quantitative estimate of drug-likeness (QED) is 0.460. The summed E-state index contributed by atoms with van der Waals surface area (Å²) in [5.74, 6) is 1.60. The average molecular weight is 286 g/mol. The zero-order valence-corrected chi connectivity index (χ0v) is 13.3. The average Bonchev–Trinajstić information content (AvgIpc) is 2.50. The van der Waals surface area contributed by atoms with E-state index in [9.17, 15) is 0 Å². The van der Waals surface area contributed by atoms with Crippen molar-refractivity contribution < 1.29 is 0 Å². The van der Waals surface area contributed by atoms with Crippen LogP contribution < -0.4 is 10.6 Å². The molecule has 0 aliphatic rings. The van der Waals surface area contributed by atoms with Crippen molar-refractivity contribution in [2.75, 3.05) is 13.6 Å². The van der Waals surface area contributed by atoms with Gasteiger partial charge in [0.15, 0.2) is 5.96 Å². The fourth-order valence-corrected chi connectivity index (χ4v) is 1.99. The van der Waals surface area contributed by atoms with E-state index in [0.29, 0.717) is 12.1 Å². The molecule has 1 rings (SSSR count). The summed E-state index contributed by atoms with van der Waals surface area (Å²) < 4.78 is 0. The normalized spacial score (nSPS) is 11.3. The minimum Gasteiger partial charge on any atom is -0.356 e. The van der Waals surface area contributed by atoms with Gasteiger partial charge in [-0.15, -0.1) is 0 Å². The van der Waals surface area contributed by atoms with Gasteiger partial charge in [0.05, 0.1) is 11.6 Å². The molecule has 0 saturated carbocycles. The number of nitriles is 1. The van der Waals surface area contributed by atoms with Gasteiger partial charge in [-0.1, -0.05) is 38.8 Å². The number of rotatable bonds is 7. The highest BCUT2D eigenvalue weighted by molar-refractivity contribution is 5.79. The largest absolute Gasteiger partial charge is 0.356 e. The second-order valence-corrected chi connectivity index (χ2v) is 5.55. The van der Waals surface area contributed by atoms with Crippen molar-refractivity contribution in [3.8, 4) is 6.07 Å². The molecule has 4 heteroatoms. The van der Waals surface area contributed by atoms with Crippen LogP contribution in [0.5, 0.6) is 0 Å². The smallest absolute Gasteiger partial charge is 0.191 e. The third-order valence-corrected chi connectivity index (χ3v) is 3.27. The Kier molecular flexibility index (Phi) is 7.96. The van der Waals surface area contributed by atoms with Crippen LogP contribution in [0.4, 0.5) is 0 Å². The monoisotopic (exact) mass is 286 g/mol. The van der Waals surface area contributed by atoms with Crippen molar-refractivity contribution in [1.82, 2.24) is 10.6 Å². The molecule has 1 aromatic rings. The van der Waals surface area contributed by atoms with Crippen LogP contribution in [0.25, 0.3) is 0 Å². The number of unbranched alkanes of at least 4 members (excludes halogenated alkanes) is 1. The van der Waals surface area contributed by atoms with E-state index in [2.05, 4.69) is 35.5 Å².